The van der Waals surface area contributed by atoms with Gasteiger partial charge in [0.25, 0.3) is 0 Å². The predicted octanol–water partition coefficient (Wildman–Crippen LogP) is 2.26. The van der Waals surface area contributed by atoms with Crippen LogP contribution >= 0.6 is 11.8 Å². The fourth-order valence-electron chi connectivity index (χ4n) is 3.12. The number of rotatable bonds is 5. The fourth-order valence-corrected chi connectivity index (χ4v) is 4.07. The average Bonchev–Trinajstić information content (AvgIpc) is 2.89. The van der Waals surface area contributed by atoms with E-state index in [1.54, 1.807) is 0 Å². The quantitative estimate of drug-likeness (QED) is 0.832. The molecule has 2 rings (SSSR count). The van der Waals surface area contributed by atoms with Gasteiger partial charge in [0.05, 0.1) is 6.54 Å². The second-order valence-electron chi connectivity index (χ2n) is 5.64. The highest BCUT2D eigenvalue weighted by Crippen LogP contribution is 2.39. The zero-order valence-electron chi connectivity index (χ0n) is 11.5. The molecule has 1 N–H and O–H groups in total. The van der Waals surface area contributed by atoms with Crippen molar-refractivity contribution in [2.24, 2.45) is 0 Å². The molecule has 0 aromatic heterocycles. The topological polar surface area (TPSA) is 32.3 Å². The molecule has 1 amide bonds. The van der Waals surface area contributed by atoms with Gasteiger partial charge in [-0.3, -0.25) is 4.79 Å². The molecule has 0 aromatic rings. The Hall–Kier alpha value is -0.220. The Morgan fingerprint density at radius 1 is 1.17 bits per heavy atom. The summed E-state index contributed by atoms with van der Waals surface area (Å²) in [4.78, 5) is 14.0. The summed E-state index contributed by atoms with van der Waals surface area (Å²) in [6, 6.07) is 0. The third-order valence-corrected chi connectivity index (χ3v) is 5.80. The second kappa shape index (κ2) is 6.80. The van der Waals surface area contributed by atoms with Crippen molar-refractivity contribution >= 4 is 17.7 Å². The standard InChI is InChI=1S/C14H26N2OS/c1-18-14(7-3-4-8-14)12-15-11-13(17)16-9-5-2-6-10-16/h15H,2-12H2,1H3. The maximum Gasteiger partial charge on any atom is 0.236 e. The number of nitrogens with zero attached hydrogens (tertiary/aromatic N) is 1. The second-order valence-corrected chi connectivity index (χ2v) is 6.91. The molecular weight excluding hydrogens is 244 g/mol. The van der Waals surface area contributed by atoms with E-state index in [0.717, 1.165) is 19.6 Å². The first-order chi connectivity index (χ1) is 8.76. The molecule has 0 atom stereocenters. The van der Waals surface area contributed by atoms with Crippen LogP contribution in [0.25, 0.3) is 0 Å². The lowest BCUT2D eigenvalue weighted by Crippen LogP contribution is -2.44. The molecule has 1 heterocycles. The van der Waals surface area contributed by atoms with Gasteiger partial charge in [-0.1, -0.05) is 12.8 Å². The van der Waals surface area contributed by atoms with Crippen LogP contribution < -0.4 is 5.32 Å². The third-order valence-electron chi connectivity index (χ3n) is 4.38. The third kappa shape index (κ3) is 3.64. The van der Waals surface area contributed by atoms with Crippen LogP contribution in [0.15, 0.2) is 0 Å². The van der Waals surface area contributed by atoms with Crippen LogP contribution in [0.3, 0.4) is 0 Å². The summed E-state index contributed by atoms with van der Waals surface area (Å²) in [5.74, 6) is 0.295. The van der Waals surface area contributed by atoms with Crippen LogP contribution in [0.4, 0.5) is 0 Å². The smallest absolute Gasteiger partial charge is 0.236 e. The van der Waals surface area contributed by atoms with Gasteiger partial charge in [-0.2, -0.15) is 11.8 Å². The van der Waals surface area contributed by atoms with E-state index in [1.165, 1.54) is 44.9 Å². The van der Waals surface area contributed by atoms with Gasteiger partial charge < -0.3 is 10.2 Å². The first-order valence-electron chi connectivity index (χ1n) is 7.29. The normalized spacial score (nSPS) is 23.3. The molecule has 0 unspecified atom stereocenters. The maximum atomic E-state index is 12.0. The minimum atomic E-state index is 0.295. The Morgan fingerprint density at radius 3 is 2.44 bits per heavy atom. The predicted molar refractivity (Wildman–Crippen MR) is 78.0 cm³/mol. The van der Waals surface area contributed by atoms with Crippen LogP contribution in [0.1, 0.15) is 44.9 Å². The first-order valence-corrected chi connectivity index (χ1v) is 8.52. The first kappa shape index (κ1) is 14.2. The zero-order chi connectivity index (χ0) is 12.8. The molecule has 4 heteroatoms. The number of likely N-dealkylation sites (tertiary alicyclic amines) is 1. The minimum absolute atomic E-state index is 0.295. The molecule has 0 aromatic carbocycles. The van der Waals surface area contributed by atoms with Crippen molar-refractivity contribution in [3.8, 4) is 0 Å². The van der Waals surface area contributed by atoms with Crippen molar-refractivity contribution in [3.05, 3.63) is 0 Å². The van der Waals surface area contributed by atoms with E-state index in [2.05, 4.69) is 11.6 Å². The van der Waals surface area contributed by atoms with E-state index in [-0.39, 0.29) is 0 Å². The zero-order valence-corrected chi connectivity index (χ0v) is 12.4. The Kier molecular flexibility index (Phi) is 5.37. The van der Waals surface area contributed by atoms with Gasteiger partial charge in [-0.05, 0) is 38.4 Å². The van der Waals surface area contributed by atoms with Gasteiger partial charge in [-0.15, -0.1) is 0 Å². The fraction of sp³-hybridized carbons (Fsp3) is 0.929. The molecule has 3 nitrogen and oxygen atoms in total. The summed E-state index contributed by atoms with van der Waals surface area (Å²) in [5.41, 5.74) is 0. The van der Waals surface area contributed by atoms with Crippen LogP contribution in [-0.4, -0.2) is 48.0 Å². The van der Waals surface area contributed by atoms with E-state index >= 15 is 0 Å². The summed E-state index contributed by atoms with van der Waals surface area (Å²) in [5, 5.41) is 3.40. The Morgan fingerprint density at radius 2 is 1.83 bits per heavy atom. The van der Waals surface area contributed by atoms with Gasteiger partial charge in [0.1, 0.15) is 0 Å². The van der Waals surface area contributed by atoms with Gasteiger partial charge in [0.15, 0.2) is 0 Å². The molecule has 0 bridgehead atoms. The summed E-state index contributed by atoms with van der Waals surface area (Å²) >= 11 is 1.98. The summed E-state index contributed by atoms with van der Waals surface area (Å²) in [7, 11) is 0. The number of carbonyl (C=O) groups excluding carboxylic acids is 1. The lowest BCUT2D eigenvalue weighted by atomic mass is 10.1. The van der Waals surface area contributed by atoms with E-state index in [4.69, 9.17) is 0 Å². The van der Waals surface area contributed by atoms with Crippen molar-refractivity contribution < 1.29 is 4.79 Å². The Labute approximate surface area is 115 Å². The maximum absolute atomic E-state index is 12.0. The number of nitrogens with one attached hydrogen (secondary N) is 1. The monoisotopic (exact) mass is 270 g/mol. The van der Waals surface area contributed by atoms with E-state index in [1.807, 2.05) is 16.7 Å². The Bertz CT molecular complexity index is 271. The van der Waals surface area contributed by atoms with Crippen LogP contribution in [-0.2, 0) is 4.79 Å². The van der Waals surface area contributed by atoms with Crippen molar-refractivity contribution in [3.63, 3.8) is 0 Å². The number of piperidine rings is 1. The molecule has 2 fully saturated rings. The van der Waals surface area contributed by atoms with E-state index in [9.17, 15) is 4.79 Å². The SMILES string of the molecule is CSC1(CNCC(=O)N2CCCCC2)CCCC1. The molecule has 0 radical (unpaired) electrons. The van der Waals surface area contributed by atoms with Gasteiger partial charge in [0, 0.05) is 24.4 Å². The highest BCUT2D eigenvalue weighted by Gasteiger charge is 2.32. The molecule has 0 spiro atoms. The van der Waals surface area contributed by atoms with Gasteiger partial charge in [0.2, 0.25) is 5.91 Å². The molecule has 2 aliphatic rings. The highest BCUT2D eigenvalue weighted by atomic mass is 32.2. The van der Waals surface area contributed by atoms with Crippen LogP contribution in [0.5, 0.6) is 0 Å². The average molecular weight is 270 g/mol. The van der Waals surface area contributed by atoms with Crippen LogP contribution in [0, 0.1) is 0 Å². The minimum Gasteiger partial charge on any atom is -0.342 e. The number of thioether (sulfide) groups is 1. The van der Waals surface area contributed by atoms with Gasteiger partial charge >= 0.3 is 0 Å². The van der Waals surface area contributed by atoms with E-state index in [0.29, 0.717) is 17.2 Å². The molecule has 1 saturated carbocycles. The van der Waals surface area contributed by atoms with Crippen molar-refractivity contribution in [2.45, 2.75) is 49.7 Å². The lowest BCUT2D eigenvalue weighted by molar-refractivity contribution is -0.131. The van der Waals surface area contributed by atoms with Gasteiger partial charge in [-0.25, -0.2) is 0 Å². The molecule has 18 heavy (non-hydrogen) atoms. The lowest BCUT2D eigenvalue weighted by Gasteiger charge is -2.29. The summed E-state index contributed by atoms with van der Waals surface area (Å²) in [6.07, 6.45) is 11.2. The summed E-state index contributed by atoms with van der Waals surface area (Å²) in [6.45, 7) is 3.46. The summed E-state index contributed by atoms with van der Waals surface area (Å²) < 4.78 is 0.405. The van der Waals surface area contributed by atoms with Crippen LogP contribution in [0.2, 0.25) is 0 Å². The molecule has 104 valence electrons. The largest absolute Gasteiger partial charge is 0.342 e. The molecule has 1 saturated heterocycles. The molecule has 1 aliphatic heterocycles. The Balaban J connectivity index is 1.69. The van der Waals surface area contributed by atoms with Crippen molar-refractivity contribution in [1.29, 1.82) is 0 Å². The number of hydrogen-bond acceptors (Lipinski definition) is 3. The number of hydrogen-bond donors (Lipinski definition) is 1. The van der Waals surface area contributed by atoms with Crippen molar-refractivity contribution in [2.75, 3.05) is 32.4 Å². The number of carbonyl (C=O) groups is 1. The molecule has 1 aliphatic carbocycles. The van der Waals surface area contributed by atoms with Crippen molar-refractivity contribution in [1.82, 2.24) is 10.2 Å². The molecular formula is C14H26N2OS. The van der Waals surface area contributed by atoms with E-state index < -0.39 is 0 Å². The number of amides is 1. The highest BCUT2D eigenvalue weighted by molar-refractivity contribution is 8.00.